The smallest absolute Gasteiger partial charge is 0.249 e. The molecule has 2 rings (SSSR count). The number of nitrogens with one attached hydrogen (secondary N) is 1. The predicted molar refractivity (Wildman–Crippen MR) is 76.0 cm³/mol. The van der Waals surface area contributed by atoms with Gasteiger partial charge in [-0.3, -0.25) is 19.7 Å². The lowest BCUT2D eigenvalue weighted by Crippen LogP contribution is -2.58. The minimum absolute atomic E-state index is 0.0728. The van der Waals surface area contributed by atoms with Crippen LogP contribution in [-0.2, 0) is 9.59 Å². The van der Waals surface area contributed by atoms with Gasteiger partial charge in [-0.1, -0.05) is 18.5 Å². The van der Waals surface area contributed by atoms with E-state index in [-0.39, 0.29) is 24.1 Å². The Morgan fingerprint density at radius 3 is 2.70 bits per heavy atom. The van der Waals surface area contributed by atoms with Crippen molar-refractivity contribution in [2.45, 2.75) is 26.3 Å². The highest BCUT2D eigenvalue weighted by Gasteiger charge is 2.33. The van der Waals surface area contributed by atoms with Crippen molar-refractivity contribution < 1.29 is 14.4 Å². The molecule has 5 nitrogen and oxygen atoms in total. The lowest BCUT2D eigenvalue weighted by Gasteiger charge is -2.35. The molecule has 1 heterocycles. The SMILES string of the molecule is CCC1C(=O)NC(=O)CN1c1ccc(C(C)=O)cc1Cl. The van der Waals surface area contributed by atoms with Gasteiger partial charge in [0.1, 0.15) is 6.04 Å². The van der Waals surface area contributed by atoms with E-state index in [1.54, 1.807) is 23.1 Å². The van der Waals surface area contributed by atoms with E-state index < -0.39 is 6.04 Å². The molecule has 1 aromatic carbocycles. The highest BCUT2D eigenvalue weighted by atomic mass is 35.5. The van der Waals surface area contributed by atoms with Crippen LogP contribution in [0.15, 0.2) is 18.2 Å². The minimum atomic E-state index is -0.437. The second-order valence-corrected chi connectivity index (χ2v) is 5.09. The third kappa shape index (κ3) is 2.67. The first-order valence-corrected chi connectivity index (χ1v) is 6.72. The number of hydrogen-bond donors (Lipinski definition) is 1. The van der Waals surface area contributed by atoms with Gasteiger partial charge in [0.15, 0.2) is 5.78 Å². The fraction of sp³-hybridized carbons (Fsp3) is 0.357. The minimum Gasteiger partial charge on any atom is -0.349 e. The Morgan fingerprint density at radius 1 is 1.45 bits per heavy atom. The molecule has 1 unspecified atom stereocenters. The van der Waals surface area contributed by atoms with Gasteiger partial charge in [0.05, 0.1) is 17.3 Å². The second kappa shape index (κ2) is 5.63. The normalized spacial score (nSPS) is 18.9. The third-order valence-corrected chi connectivity index (χ3v) is 3.61. The Balaban J connectivity index is 2.40. The molecule has 1 N–H and O–H groups in total. The molecule has 0 saturated carbocycles. The maximum atomic E-state index is 11.8. The predicted octanol–water partition coefficient (Wildman–Crippen LogP) is 1.78. The summed E-state index contributed by atoms with van der Waals surface area (Å²) in [6.45, 7) is 3.40. The summed E-state index contributed by atoms with van der Waals surface area (Å²) in [4.78, 5) is 36.4. The number of imide groups is 1. The maximum absolute atomic E-state index is 11.8. The van der Waals surface area contributed by atoms with Gasteiger partial charge < -0.3 is 4.90 Å². The maximum Gasteiger partial charge on any atom is 0.249 e. The number of carbonyl (C=O) groups excluding carboxylic acids is 3. The van der Waals surface area contributed by atoms with Crippen LogP contribution in [0, 0.1) is 0 Å². The molecule has 106 valence electrons. The largest absolute Gasteiger partial charge is 0.349 e. The van der Waals surface area contributed by atoms with Crippen LogP contribution in [0.1, 0.15) is 30.6 Å². The molecular formula is C14H15ClN2O3. The Morgan fingerprint density at radius 2 is 2.15 bits per heavy atom. The Bertz CT molecular complexity index is 586. The topological polar surface area (TPSA) is 66.5 Å². The highest BCUT2D eigenvalue weighted by Crippen LogP contribution is 2.30. The van der Waals surface area contributed by atoms with E-state index in [0.29, 0.717) is 22.7 Å². The van der Waals surface area contributed by atoms with Crippen molar-refractivity contribution in [3.8, 4) is 0 Å². The van der Waals surface area contributed by atoms with Crippen LogP contribution >= 0.6 is 11.6 Å². The zero-order chi connectivity index (χ0) is 14.9. The van der Waals surface area contributed by atoms with Crippen LogP contribution in [0.3, 0.4) is 0 Å². The van der Waals surface area contributed by atoms with Crippen molar-refractivity contribution in [3.63, 3.8) is 0 Å². The van der Waals surface area contributed by atoms with Crippen molar-refractivity contribution in [3.05, 3.63) is 28.8 Å². The van der Waals surface area contributed by atoms with Crippen molar-refractivity contribution in [2.75, 3.05) is 11.4 Å². The number of nitrogens with zero attached hydrogens (tertiary/aromatic N) is 1. The number of anilines is 1. The fourth-order valence-electron chi connectivity index (χ4n) is 2.28. The lowest BCUT2D eigenvalue weighted by molar-refractivity contribution is -0.132. The second-order valence-electron chi connectivity index (χ2n) is 4.69. The summed E-state index contributed by atoms with van der Waals surface area (Å²) in [6, 6.07) is 4.44. The van der Waals surface area contributed by atoms with E-state index >= 15 is 0 Å². The molecule has 1 saturated heterocycles. The molecule has 1 aliphatic rings. The number of carbonyl (C=O) groups is 3. The van der Waals surface area contributed by atoms with Gasteiger partial charge in [-0.15, -0.1) is 0 Å². The third-order valence-electron chi connectivity index (χ3n) is 3.31. The Labute approximate surface area is 121 Å². The quantitative estimate of drug-likeness (QED) is 0.682. The zero-order valence-corrected chi connectivity index (χ0v) is 12.0. The van der Waals surface area contributed by atoms with Crippen LogP contribution in [-0.4, -0.2) is 30.2 Å². The van der Waals surface area contributed by atoms with Crippen LogP contribution in [0.2, 0.25) is 5.02 Å². The number of amides is 2. The molecule has 1 atom stereocenters. The molecule has 2 amide bonds. The molecule has 0 aromatic heterocycles. The summed E-state index contributed by atoms with van der Waals surface area (Å²) in [7, 11) is 0. The van der Waals surface area contributed by atoms with E-state index in [4.69, 9.17) is 11.6 Å². The molecule has 0 bridgehead atoms. The molecule has 1 aromatic rings. The van der Waals surface area contributed by atoms with E-state index in [2.05, 4.69) is 5.32 Å². The number of Topliss-reactive ketones (excluding diaryl/α,β-unsaturated/α-hetero) is 1. The summed E-state index contributed by atoms with van der Waals surface area (Å²) >= 11 is 6.19. The average molecular weight is 295 g/mol. The van der Waals surface area contributed by atoms with Crippen LogP contribution in [0.25, 0.3) is 0 Å². The van der Waals surface area contributed by atoms with Crippen molar-refractivity contribution in [1.29, 1.82) is 0 Å². The standard InChI is InChI=1S/C14H15ClN2O3/c1-3-11-14(20)16-13(19)7-17(11)12-5-4-9(8(2)18)6-10(12)15/h4-6,11H,3,7H2,1-2H3,(H,16,19,20). The van der Waals surface area contributed by atoms with Crippen molar-refractivity contribution in [2.24, 2.45) is 0 Å². The van der Waals surface area contributed by atoms with E-state index in [0.717, 1.165) is 0 Å². The first-order chi connectivity index (χ1) is 9.43. The van der Waals surface area contributed by atoms with Crippen LogP contribution in [0.4, 0.5) is 5.69 Å². The Hall–Kier alpha value is -1.88. The van der Waals surface area contributed by atoms with Gasteiger partial charge in [0.2, 0.25) is 11.8 Å². The summed E-state index contributed by atoms with van der Waals surface area (Å²) in [5.41, 5.74) is 1.09. The molecule has 0 aliphatic carbocycles. The summed E-state index contributed by atoms with van der Waals surface area (Å²) < 4.78 is 0. The molecule has 1 fully saturated rings. The van der Waals surface area contributed by atoms with Gasteiger partial charge in [-0.25, -0.2) is 0 Å². The van der Waals surface area contributed by atoms with E-state index in [9.17, 15) is 14.4 Å². The summed E-state index contributed by atoms with van der Waals surface area (Å²) in [6.07, 6.45) is 0.559. The van der Waals surface area contributed by atoms with E-state index in [1.807, 2.05) is 6.92 Å². The van der Waals surface area contributed by atoms with Crippen molar-refractivity contribution in [1.82, 2.24) is 5.32 Å². The average Bonchev–Trinajstić information content (AvgIpc) is 2.37. The monoisotopic (exact) mass is 294 g/mol. The number of ketones is 1. The molecule has 20 heavy (non-hydrogen) atoms. The summed E-state index contributed by atoms with van der Waals surface area (Å²) in [5.74, 6) is -0.764. The molecule has 6 heteroatoms. The first kappa shape index (κ1) is 14.5. The van der Waals surface area contributed by atoms with Crippen LogP contribution in [0.5, 0.6) is 0 Å². The fourth-order valence-corrected chi connectivity index (χ4v) is 2.57. The highest BCUT2D eigenvalue weighted by molar-refractivity contribution is 6.33. The first-order valence-electron chi connectivity index (χ1n) is 6.35. The van der Waals surface area contributed by atoms with E-state index in [1.165, 1.54) is 6.92 Å². The number of rotatable bonds is 3. The zero-order valence-electron chi connectivity index (χ0n) is 11.3. The number of hydrogen-bond acceptors (Lipinski definition) is 4. The van der Waals surface area contributed by atoms with Gasteiger partial charge in [0, 0.05) is 5.56 Å². The lowest BCUT2D eigenvalue weighted by atomic mass is 10.1. The van der Waals surface area contributed by atoms with Crippen molar-refractivity contribution >= 4 is 34.9 Å². The van der Waals surface area contributed by atoms with Gasteiger partial charge in [-0.05, 0) is 31.5 Å². The molecule has 0 radical (unpaired) electrons. The number of benzene rings is 1. The Kier molecular flexibility index (Phi) is 4.09. The number of piperazine rings is 1. The summed E-state index contributed by atoms with van der Waals surface area (Å²) in [5, 5.41) is 2.67. The molecule has 1 aliphatic heterocycles. The van der Waals surface area contributed by atoms with Crippen LogP contribution < -0.4 is 10.2 Å². The molecular weight excluding hydrogens is 280 g/mol. The van der Waals surface area contributed by atoms with Gasteiger partial charge >= 0.3 is 0 Å². The molecule has 0 spiro atoms. The number of halogens is 1. The van der Waals surface area contributed by atoms with Gasteiger partial charge in [0.25, 0.3) is 0 Å². The van der Waals surface area contributed by atoms with Gasteiger partial charge in [-0.2, -0.15) is 0 Å².